The Morgan fingerprint density at radius 2 is 1.81 bits per heavy atom. The number of carbonyl (C=O) groups is 2. The fourth-order valence-electron chi connectivity index (χ4n) is 2.78. The molecule has 0 radical (unpaired) electrons. The molecule has 2 aromatic carbocycles. The van der Waals surface area contributed by atoms with Crippen molar-refractivity contribution < 1.29 is 24.2 Å². The fourth-order valence-corrected chi connectivity index (χ4v) is 2.78. The van der Waals surface area contributed by atoms with E-state index in [9.17, 15) is 24.6 Å². The van der Waals surface area contributed by atoms with Crippen LogP contribution in [-0.2, 0) is 11.2 Å². The van der Waals surface area contributed by atoms with Crippen LogP contribution < -0.4 is 10.9 Å². The molecule has 3 N–H and O–H groups in total. The number of phenolic OH excluding ortho intramolecular Hbond substituents is 1. The Bertz CT molecular complexity index is 1070. The fraction of sp³-hybridized carbons (Fsp3) is 0.150. The Balaban J connectivity index is 1.83. The van der Waals surface area contributed by atoms with Crippen LogP contribution in [0.25, 0.3) is 11.0 Å². The summed E-state index contributed by atoms with van der Waals surface area (Å²) in [6, 6.07) is 10.9. The average molecular weight is 367 g/mol. The average Bonchev–Trinajstić information content (AvgIpc) is 2.62. The van der Waals surface area contributed by atoms with Gasteiger partial charge in [0, 0.05) is 23.4 Å². The normalized spacial score (nSPS) is 11.9. The quantitative estimate of drug-likeness (QED) is 0.596. The molecule has 0 aliphatic heterocycles. The molecule has 1 unspecified atom stereocenters. The van der Waals surface area contributed by atoms with Crippen molar-refractivity contribution in [3.63, 3.8) is 0 Å². The first kappa shape index (κ1) is 18.2. The number of benzene rings is 2. The lowest BCUT2D eigenvalue weighted by Crippen LogP contribution is -2.42. The highest BCUT2D eigenvalue weighted by Crippen LogP contribution is 2.18. The number of nitrogens with one attached hydrogen (secondary N) is 1. The lowest BCUT2D eigenvalue weighted by atomic mass is 10.0. The molecule has 0 saturated heterocycles. The molecule has 0 bridgehead atoms. The largest absolute Gasteiger partial charge is 0.508 e. The summed E-state index contributed by atoms with van der Waals surface area (Å²) in [5, 5.41) is 21.9. The molecule has 7 heteroatoms. The van der Waals surface area contributed by atoms with Gasteiger partial charge in [-0.25, -0.2) is 9.59 Å². The molecule has 138 valence electrons. The molecule has 0 saturated carbocycles. The molecule has 0 spiro atoms. The number of carboxylic acids is 1. The van der Waals surface area contributed by atoms with E-state index in [1.54, 1.807) is 31.2 Å². The van der Waals surface area contributed by atoms with Crippen molar-refractivity contribution in [2.75, 3.05) is 0 Å². The van der Waals surface area contributed by atoms with E-state index in [1.165, 1.54) is 24.3 Å². The molecule has 3 aromatic rings. The number of carbonyl (C=O) groups excluding carboxylic acids is 1. The zero-order valence-electron chi connectivity index (χ0n) is 14.4. The standard InChI is InChI=1S/C20H17NO6/c1-11-8-18(23)27-17-10-13(4-7-15(11)17)19(24)21-16(20(25)26)9-12-2-5-14(22)6-3-12/h2-8,10,16,22H,9H2,1H3,(H,21,24)(H,25,26). The second kappa shape index (κ2) is 7.33. The molecular formula is C20H17NO6. The van der Waals surface area contributed by atoms with Crippen LogP contribution in [0.2, 0.25) is 0 Å². The number of hydrogen-bond donors (Lipinski definition) is 3. The highest BCUT2D eigenvalue weighted by molar-refractivity contribution is 5.99. The van der Waals surface area contributed by atoms with Gasteiger partial charge < -0.3 is 19.9 Å². The third kappa shape index (κ3) is 4.14. The number of aliphatic carboxylic acids is 1. The van der Waals surface area contributed by atoms with Gasteiger partial charge in [0.25, 0.3) is 5.91 Å². The van der Waals surface area contributed by atoms with Crippen molar-refractivity contribution in [3.05, 3.63) is 75.6 Å². The number of aryl methyl sites for hydroxylation is 1. The van der Waals surface area contributed by atoms with Gasteiger partial charge in [-0.05, 0) is 42.3 Å². The van der Waals surface area contributed by atoms with Crippen LogP contribution in [0.3, 0.4) is 0 Å². The maximum atomic E-state index is 12.5. The Morgan fingerprint density at radius 1 is 1.11 bits per heavy atom. The Labute approximate surface area is 153 Å². The van der Waals surface area contributed by atoms with Gasteiger partial charge in [0.05, 0.1) is 0 Å². The molecule has 1 aromatic heterocycles. The third-order valence-electron chi connectivity index (χ3n) is 4.19. The molecule has 1 heterocycles. The Morgan fingerprint density at radius 3 is 2.48 bits per heavy atom. The van der Waals surface area contributed by atoms with Gasteiger partial charge in [-0.2, -0.15) is 0 Å². The van der Waals surface area contributed by atoms with Crippen molar-refractivity contribution in [3.8, 4) is 5.75 Å². The maximum Gasteiger partial charge on any atom is 0.336 e. The van der Waals surface area contributed by atoms with Crippen LogP contribution >= 0.6 is 0 Å². The number of hydrogen-bond acceptors (Lipinski definition) is 5. The van der Waals surface area contributed by atoms with Gasteiger partial charge in [0.2, 0.25) is 0 Å². The number of fused-ring (bicyclic) bond motifs is 1. The number of rotatable bonds is 5. The molecule has 1 atom stereocenters. The number of amides is 1. The first-order valence-corrected chi connectivity index (χ1v) is 8.19. The predicted molar refractivity (Wildman–Crippen MR) is 97.9 cm³/mol. The summed E-state index contributed by atoms with van der Waals surface area (Å²) in [6.45, 7) is 1.76. The summed E-state index contributed by atoms with van der Waals surface area (Å²) in [6.07, 6.45) is 0.0587. The summed E-state index contributed by atoms with van der Waals surface area (Å²) in [4.78, 5) is 35.5. The summed E-state index contributed by atoms with van der Waals surface area (Å²) < 4.78 is 5.12. The first-order chi connectivity index (χ1) is 12.8. The van der Waals surface area contributed by atoms with Crippen molar-refractivity contribution in [1.82, 2.24) is 5.32 Å². The molecule has 7 nitrogen and oxygen atoms in total. The summed E-state index contributed by atoms with van der Waals surface area (Å²) in [7, 11) is 0. The van der Waals surface area contributed by atoms with E-state index < -0.39 is 23.5 Å². The van der Waals surface area contributed by atoms with Crippen molar-refractivity contribution in [2.24, 2.45) is 0 Å². The highest BCUT2D eigenvalue weighted by Gasteiger charge is 2.21. The molecule has 1 amide bonds. The van der Waals surface area contributed by atoms with Crippen molar-refractivity contribution >= 4 is 22.8 Å². The van der Waals surface area contributed by atoms with Gasteiger partial charge in [-0.1, -0.05) is 18.2 Å². The zero-order valence-corrected chi connectivity index (χ0v) is 14.4. The van der Waals surface area contributed by atoms with Crippen LogP contribution in [-0.4, -0.2) is 28.1 Å². The molecule has 0 aliphatic carbocycles. The van der Waals surface area contributed by atoms with Crippen LogP contribution in [0.15, 0.2) is 57.7 Å². The van der Waals surface area contributed by atoms with Crippen molar-refractivity contribution in [2.45, 2.75) is 19.4 Å². The maximum absolute atomic E-state index is 12.5. The Kier molecular flexibility index (Phi) is 4.94. The SMILES string of the molecule is Cc1cc(=O)oc2cc(C(=O)NC(Cc3ccc(O)cc3)C(=O)O)ccc12. The van der Waals surface area contributed by atoms with Crippen molar-refractivity contribution in [1.29, 1.82) is 0 Å². The first-order valence-electron chi connectivity index (χ1n) is 8.19. The Hall–Kier alpha value is -3.61. The van der Waals surface area contributed by atoms with Crippen LogP contribution in [0.1, 0.15) is 21.5 Å². The zero-order chi connectivity index (χ0) is 19.6. The van der Waals surface area contributed by atoms with E-state index in [-0.39, 0.29) is 23.3 Å². The van der Waals surface area contributed by atoms with Crippen LogP contribution in [0.5, 0.6) is 5.75 Å². The van der Waals surface area contributed by atoms with Gasteiger partial charge in [-0.3, -0.25) is 4.79 Å². The van der Waals surface area contributed by atoms with E-state index >= 15 is 0 Å². The van der Waals surface area contributed by atoms with Gasteiger partial charge >= 0.3 is 11.6 Å². The lowest BCUT2D eigenvalue weighted by molar-refractivity contribution is -0.139. The molecule has 3 rings (SSSR count). The van der Waals surface area contributed by atoms with E-state index in [2.05, 4.69) is 5.32 Å². The minimum atomic E-state index is -1.18. The number of aromatic hydroxyl groups is 1. The van der Waals surface area contributed by atoms with E-state index in [4.69, 9.17) is 4.42 Å². The summed E-state index contributed by atoms with van der Waals surface area (Å²) in [5.74, 6) is -1.70. The monoisotopic (exact) mass is 367 g/mol. The van der Waals surface area contributed by atoms with E-state index in [0.717, 1.165) is 5.56 Å². The topological polar surface area (TPSA) is 117 Å². The minimum absolute atomic E-state index is 0.0587. The lowest BCUT2D eigenvalue weighted by Gasteiger charge is -2.15. The summed E-state index contributed by atoms with van der Waals surface area (Å²) >= 11 is 0. The molecule has 0 fully saturated rings. The van der Waals surface area contributed by atoms with Gasteiger partial charge in [0.15, 0.2) is 0 Å². The second-order valence-electron chi connectivity index (χ2n) is 6.19. The smallest absolute Gasteiger partial charge is 0.336 e. The summed E-state index contributed by atoms with van der Waals surface area (Å²) in [5.41, 5.74) is 1.31. The van der Waals surface area contributed by atoms with Crippen LogP contribution in [0.4, 0.5) is 0 Å². The third-order valence-corrected chi connectivity index (χ3v) is 4.19. The van der Waals surface area contributed by atoms with E-state index in [0.29, 0.717) is 10.9 Å². The molecule has 27 heavy (non-hydrogen) atoms. The molecular weight excluding hydrogens is 350 g/mol. The minimum Gasteiger partial charge on any atom is -0.508 e. The predicted octanol–water partition coefficient (Wildman–Crippen LogP) is 2.23. The second-order valence-corrected chi connectivity index (χ2v) is 6.19. The van der Waals surface area contributed by atoms with Crippen LogP contribution in [0, 0.1) is 6.92 Å². The number of carboxylic acid groups (broad SMARTS) is 1. The van der Waals surface area contributed by atoms with Gasteiger partial charge in [-0.15, -0.1) is 0 Å². The molecule has 0 aliphatic rings. The van der Waals surface area contributed by atoms with Gasteiger partial charge in [0.1, 0.15) is 17.4 Å². The van der Waals surface area contributed by atoms with E-state index in [1.807, 2.05) is 0 Å². The number of phenols is 1. The highest BCUT2D eigenvalue weighted by atomic mass is 16.4.